The smallest absolute Gasteiger partial charge is 0.156 e. The van der Waals surface area contributed by atoms with E-state index in [1.807, 2.05) is 24.4 Å². The van der Waals surface area contributed by atoms with Crippen molar-refractivity contribution in [1.82, 2.24) is 14.8 Å². The first-order valence-corrected chi connectivity index (χ1v) is 3.63. The van der Waals surface area contributed by atoms with Crippen molar-refractivity contribution in [3.63, 3.8) is 0 Å². The van der Waals surface area contributed by atoms with Crippen molar-refractivity contribution < 1.29 is 0 Å². The van der Waals surface area contributed by atoms with Crippen LogP contribution in [-0.2, 0) is 0 Å². The summed E-state index contributed by atoms with van der Waals surface area (Å²) in [6.07, 6.45) is 1.85. The summed E-state index contributed by atoms with van der Waals surface area (Å²) in [5, 5.41) is 7.66. The van der Waals surface area contributed by atoms with Gasteiger partial charge in [-0.05, 0) is 28.1 Å². The number of hydrogen-bond donors (Lipinski definition) is 0. The standard InChI is InChI=1S/C6H4BrN3/c7-6-5-3-1-2-4-10(5)9-8-6/h1-4H. The predicted octanol–water partition coefficient (Wildman–Crippen LogP) is 1.49. The molecule has 0 aromatic carbocycles. The third-order valence-electron chi connectivity index (χ3n) is 1.28. The zero-order chi connectivity index (χ0) is 6.97. The molecule has 2 rings (SSSR count). The molecule has 0 amide bonds. The minimum absolute atomic E-state index is 0.785. The van der Waals surface area contributed by atoms with Gasteiger partial charge in [0.2, 0.25) is 0 Å². The van der Waals surface area contributed by atoms with E-state index in [1.54, 1.807) is 4.52 Å². The normalized spacial score (nSPS) is 10.5. The third-order valence-corrected chi connectivity index (χ3v) is 1.84. The second-order valence-electron chi connectivity index (χ2n) is 1.91. The summed E-state index contributed by atoms with van der Waals surface area (Å²) in [7, 11) is 0. The minimum Gasteiger partial charge on any atom is -0.220 e. The molecule has 0 radical (unpaired) electrons. The fraction of sp³-hybridized carbons (Fsp3) is 0. The molecule has 0 unspecified atom stereocenters. The average molecular weight is 198 g/mol. The van der Waals surface area contributed by atoms with Crippen LogP contribution in [0.3, 0.4) is 0 Å². The molecule has 50 valence electrons. The van der Waals surface area contributed by atoms with Crippen molar-refractivity contribution in [3.8, 4) is 0 Å². The van der Waals surface area contributed by atoms with E-state index in [9.17, 15) is 0 Å². The third kappa shape index (κ3) is 0.724. The molecular weight excluding hydrogens is 194 g/mol. The molecule has 2 aromatic rings. The zero-order valence-corrected chi connectivity index (χ0v) is 6.62. The Kier molecular flexibility index (Phi) is 1.20. The van der Waals surface area contributed by atoms with Crippen molar-refractivity contribution in [2.24, 2.45) is 0 Å². The van der Waals surface area contributed by atoms with Crippen LogP contribution in [0.25, 0.3) is 5.52 Å². The first-order valence-electron chi connectivity index (χ1n) is 2.83. The maximum atomic E-state index is 3.84. The lowest BCUT2D eigenvalue weighted by Crippen LogP contribution is -1.83. The lowest BCUT2D eigenvalue weighted by atomic mass is 10.4. The van der Waals surface area contributed by atoms with Gasteiger partial charge in [-0.1, -0.05) is 11.3 Å². The van der Waals surface area contributed by atoms with Gasteiger partial charge >= 0.3 is 0 Å². The van der Waals surface area contributed by atoms with Gasteiger partial charge in [0.15, 0.2) is 4.60 Å². The average Bonchev–Trinajstić information content (AvgIpc) is 2.34. The van der Waals surface area contributed by atoms with Gasteiger partial charge in [0.1, 0.15) is 5.52 Å². The monoisotopic (exact) mass is 197 g/mol. The lowest BCUT2D eigenvalue weighted by Gasteiger charge is -1.86. The van der Waals surface area contributed by atoms with Gasteiger partial charge in [-0.3, -0.25) is 0 Å². The van der Waals surface area contributed by atoms with Gasteiger partial charge in [-0.15, -0.1) is 5.10 Å². The zero-order valence-electron chi connectivity index (χ0n) is 5.03. The molecule has 0 bridgehead atoms. The number of pyridine rings is 1. The quantitative estimate of drug-likeness (QED) is 0.641. The fourth-order valence-corrected chi connectivity index (χ4v) is 1.20. The van der Waals surface area contributed by atoms with Crippen molar-refractivity contribution >= 4 is 21.4 Å². The van der Waals surface area contributed by atoms with E-state index in [0.717, 1.165) is 10.1 Å². The second-order valence-corrected chi connectivity index (χ2v) is 2.66. The van der Waals surface area contributed by atoms with Gasteiger partial charge in [0.25, 0.3) is 0 Å². The van der Waals surface area contributed by atoms with Crippen LogP contribution in [0.4, 0.5) is 0 Å². The molecule has 0 spiro atoms. The summed E-state index contributed by atoms with van der Waals surface area (Å²) in [5.41, 5.74) is 0.988. The maximum Gasteiger partial charge on any atom is 0.156 e. The summed E-state index contributed by atoms with van der Waals surface area (Å²) in [6, 6.07) is 5.81. The summed E-state index contributed by atoms with van der Waals surface area (Å²) < 4.78 is 2.50. The van der Waals surface area contributed by atoms with E-state index in [2.05, 4.69) is 26.2 Å². The highest BCUT2D eigenvalue weighted by Gasteiger charge is 1.97. The molecule has 0 atom stereocenters. The fourth-order valence-electron chi connectivity index (χ4n) is 0.815. The number of aromatic nitrogens is 3. The molecule has 2 heterocycles. The second kappa shape index (κ2) is 2.05. The minimum atomic E-state index is 0.785. The number of fused-ring (bicyclic) bond motifs is 1. The summed E-state index contributed by atoms with van der Waals surface area (Å²) in [4.78, 5) is 0. The highest BCUT2D eigenvalue weighted by molar-refractivity contribution is 9.10. The SMILES string of the molecule is Brc1nnn2ccccc12. The van der Waals surface area contributed by atoms with Crippen LogP contribution >= 0.6 is 15.9 Å². The molecule has 10 heavy (non-hydrogen) atoms. The van der Waals surface area contributed by atoms with Gasteiger partial charge in [0, 0.05) is 6.20 Å². The van der Waals surface area contributed by atoms with Gasteiger partial charge in [-0.2, -0.15) is 0 Å². The Bertz CT molecular complexity index is 355. The van der Waals surface area contributed by atoms with Crippen molar-refractivity contribution in [2.75, 3.05) is 0 Å². The molecule has 0 fully saturated rings. The largest absolute Gasteiger partial charge is 0.220 e. The van der Waals surface area contributed by atoms with E-state index < -0.39 is 0 Å². The number of rotatable bonds is 0. The van der Waals surface area contributed by atoms with Gasteiger partial charge < -0.3 is 0 Å². The first-order chi connectivity index (χ1) is 4.88. The molecule has 0 saturated heterocycles. The van der Waals surface area contributed by atoms with Gasteiger partial charge in [0.05, 0.1) is 0 Å². The van der Waals surface area contributed by atoms with Gasteiger partial charge in [-0.25, -0.2) is 4.52 Å². The number of nitrogens with zero attached hydrogens (tertiary/aromatic N) is 3. The highest BCUT2D eigenvalue weighted by atomic mass is 79.9. The summed E-state index contributed by atoms with van der Waals surface area (Å²) >= 11 is 3.27. The van der Waals surface area contributed by atoms with Crippen LogP contribution in [0.5, 0.6) is 0 Å². The highest BCUT2D eigenvalue weighted by Crippen LogP contribution is 2.12. The molecule has 0 aliphatic carbocycles. The Morgan fingerprint density at radius 3 is 3.10 bits per heavy atom. The molecule has 2 aromatic heterocycles. The van der Waals surface area contributed by atoms with Crippen LogP contribution in [0.1, 0.15) is 0 Å². The van der Waals surface area contributed by atoms with E-state index in [0.29, 0.717) is 0 Å². The molecule has 0 aliphatic heterocycles. The van der Waals surface area contributed by atoms with Crippen LogP contribution in [-0.4, -0.2) is 14.8 Å². The molecule has 3 nitrogen and oxygen atoms in total. The van der Waals surface area contributed by atoms with Crippen LogP contribution in [0, 0.1) is 0 Å². The van der Waals surface area contributed by atoms with E-state index in [4.69, 9.17) is 0 Å². The van der Waals surface area contributed by atoms with Crippen LogP contribution in [0.2, 0.25) is 0 Å². The van der Waals surface area contributed by atoms with E-state index in [1.165, 1.54) is 0 Å². The molecule has 0 saturated carbocycles. The van der Waals surface area contributed by atoms with Crippen LogP contribution in [0.15, 0.2) is 29.0 Å². The Balaban J connectivity index is 2.93. The summed E-state index contributed by atoms with van der Waals surface area (Å²) in [5.74, 6) is 0. The summed E-state index contributed by atoms with van der Waals surface area (Å²) in [6.45, 7) is 0. The van der Waals surface area contributed by atoms with Crippen molar-refractivity contribution in [3.05, 3.63) is 29.0 Å². The maximum absolute atomic E-state index is 3.84. The lowest BCUT2D eigenvalue weighted by molar-refractivity contribution is 0.852. The number of hydrogen-bond acceptors (Lipinski definition) is 2. The Labute approximate surface area is 65.8 Å². The predicted molar refractivity (Wildman–Crippen MR) is 40.7 cm³/mol. The molecule has 0 aliphatic rings. The molecule has 0 N–H and O–H groups in total. The van der Waals surface area contributed by atoms with Crippen molar-refractivity contribution in [2.45, 2.75) is 0 Å². The molecule has 4 heteroatoms. The van der Waals surface area contributed by atoms with Crippen LogP contribution < -0.4 is 0 Å². The molecular formula is C6H4BrN3. The Morgan fingerprint density at radius 2 is 2.30 bits per heavy atom. The van der Waals surface area contributed by atoms with E-state index >= 15 is 0 Å². The van der Waals surface area contributed by atoms with E-state index in [-0.39, 0.29) is 0 Å². The Hall–Kier alpha value is -0.900. The number of halogens is 1. The topological polar surface area (TPSA) is 30.2 Å². The Morgan fingerprint density at radius 1 is 1.40 bits per heavy atom. The first kappa shape index (κ1) is 5.85. The van der Waals surface area contributed by atoms with Crippen molar-refractivity contribution in [1.29, 1.82) is 0 Å².